The van der Waals surface area contributed by atoms with Crippen molar-refractivity contribution in [3.8, 4) is 0 Å². The summed E-state index contributed by atoms with van der Waals surface area (Å²) in [5.41, 5.74) is 0.126. The Morgan fingerprint density at radius 1 is 1.41 bits per heavy atom. The lowest BCUT2D eigenvalue weighted by molar-refractivity contribution is 0.0721. The summed E-state index contributed by atoms with van der Waals surface area (Å²) in [5.74, 6) is -0.740. The first kappa shape index (κ1) is 12.8. The van der Waals surface area contributed by atoms with Crippen LogP contribution in [0.15, 0.2) is 22.7 Å². The number of nitrogens with zero attached hydrogens (tertiary/aromatic N) is 1. The van der Waals surface area contributed by atoms with Gasteiger partial charge >= 0.3 is 0 Å². The van der Waals surface area contributed by atoms with Crippen molar-refractivity contribution in [1.82, 2.24) is 4.90 Å². The second-order valence-electron chi connectivity index (χ2n) is 4.09. The van der Waals surface area contributed by atoms with E-state index >= 15 is 0 Å². The van der Waals surface area contributed by atoms with E-state index in [1.165, 1.54) is 12.1 Å². The third kappa shape index (κ3) is 2.99. The van der Waals surface area contributed by atoms with E-state index in [-0.39, 0.29) is 16.8 Å². The van der Waals surface area contributed by atoms with Crippen LogP contribution in [0, 0.1) is 5.82 Å². The van der Waals surface area contributed by atoms with Crippen LogP contribution >= 0.6 is 27.5 Å². The molecule has 92 valence electrons. The lowest BCUT2D eigenvalue weighted by atomic mass is 10.1. The molecule has 2 rings (SSSR count). The molecule has 0 aliphatic carbocycles. The highest BCUT2D eigenvalue weighted by molar-refractivity contribution is 9.10. The highest BCUT2D eigenvalue weighted by Gasteiger charge is 2.24. The Hall–Kier alpha value is -0.610. The number of alkyl halides is 1. The Kier molecular flexibility index (Phi) is 4.05. The molecule has 0 atom stereocenters. The van der Waals surface area contributed by atoms with Crippen molar-refractivity contribution in [2.75, 3.05) is 13.1 Å². The summed E-state index contributed by atoms with van der Waals surface area (Å²) in [6, 6.07) is 4.49. The van der Waals surface area contributed by atoms with E-state index in [0.717, 1.165) is 12.8 Å². The predicted octanol–water partition coefficient (Wildman–Crippen LogP) is 3.43. The maximum atomic E-state index is 13.6. The van der Waals surface area contributed by atoms with Crippen molar-refractivity contribution in [3.63, 3.8) is 0 Å². The molecule has 0 unspecified atom stereocenters. The minimum absolute atomic E-state index is 0.126. The van der Waals surface area contributed by atoms with Gasteiger partial charge in [-0.1, -0.05) is 15.9 Å². The van der Waals surface area contributed by atoms with E-state index in [0.29, 0.717) is 17.6 Å². The smallest absolute Gasteiger partial charge is 0.256 e. The molecule has 0 spiro atoms. The lowest BCUT2D eigenvalue weighted by Gasteiger charge is -2.29. The van der Waals surface area contributed by atoms with Gasteiger partial charge in [0.2, 0.25) is 0 Å². The molecule has 5 heteroatoms. The quantitative estimate of drug-likeness (QED) is 0.726. The summed E-state index contributed by atoms with van der Waals surface area (Å²) in [6.45, 7) is 1.20. The molecule has 1 aromatic carbocycles. The van der Waals surface area contributed by atoms with Gasteiger partial charge in [0.25, 0.3) is 5.91 Å². The Bertz CT molecular complexity index is 433. The third-order valence-electron chi connectivity index (χ3n) is 2.87. The van der Waals surface area contributed by atoms with Gasteiger partial charge in [-0.15, -0.1) is 11.6 Å². The van der Waals surface area contributed by atoms with E-state index in [1.807, 2.05) is 0 Å². The number of carbonyl (C=O) groups excluding carboxylic acids is 1. The van der Waals surface area contributed by atoms with Crippen LogP contribution in [0.2, 0.25) is 0 Å². The largest absolute Gasteiger partial charge is 0.338 e. The molecule has 1 aliphatic rings. The van der Waals surface area contributed by atoms with Gasteiger partial charge in [-0.2, -0.15) is 0 Å². The minimum atomic E-state index is -0.489. The molecule has 1 fully saturated rings. The number of likely N-dealkylation sites (tertiary alicyclic amines) is 1. The minimum Gasteiger partial charge on any atom is -0.338 e. The molecule has 0 radical (unpaired) electrons. The molecule has 0 saturated carbocycles. The molecule has 2 nitrogen and oxygen atoms in total. The molecular weight excluding hydrogens is 308 g/mol. The molecule has 1 saturated heterocycles. The summed E-state index contributed by atoms with van der Waals surface area (Å²) in [5, 5.41) is 0.133. The van der Waals surface area contributed by atoms with Crippen LogP contribution in [-0.2, 0) is 0 Å². The van der Waals surface area contributed by atoms with E-state index in [9.17, 15) is 9.18 Å². The van der Waals surface area contributed by atoms with Crippen LogP contribution in [0.4, 0.5) is 4.39 Å². The Morgan fingerprint density at radius 3 is 2.65 bits per heavy atom. The summed E-state index contributed by atoms with van der Waals surface area (Å²) in [6.07, 6.45) is 1.54. The van der Waals surface area contributed by atoms with E-state index in [2.05, 4.69) is 15.9 Å². The summed E-state index contributed by atoms with van der Waals surface area (Å²) < 4.78 is 14.3. The SMILES string of the molecule is O=C(c1ccc(Br)cc1F)N1CCC(Cl)CC1. The number of hydrogen-bond acceptors (Lipinski definition) is 1. The van der Waals surface area contributed by atoms with Crippen LogP contribution < -0.4 is 0 Å². The number of piperidine rings is 1. The Balaban J connectivity index is 2.14. The number of carbonyl (C=O) groups is 1. The van der Waals surface area contributed by atoms with Gasteiger partial charge in [0, 0.05) is 22.9 Å². The van der Waals surface area contributed by atoms with Gasteiger partial charge in [0.1, 0.15) is 5.82 Å². The molecule has 0 bridgehead atoms. The van der Waals surface area contributed by atoms with Crippen LogP contribution in [0.5, 0.6) is 0 Å². The maximum Gasteiger partial charge on any atom is 0.256 e. The highest BCUT2D eigenvalue weighted by Crippen LogP contribution is 2.20. The van der Waals surface area contributed by atoms with Gasteiger partial charge in [0.15, 0.2) is 0 Å². The first-order valence-electron chi connectivity index (χ1n) is 5.46. The van der Waals surface area contributed by atoms with Gasteiger partial charge in [-0.05, 0) is 31.0 Å². The fraction of sp³-hybridized carbons (Fsp3) is 0.417. The van der Waals surface area contributed by atoms with Crippen molar-refractivity contribution in [2.24, 2.45) is 0 Å². The van der Waals surface area contributed by atoms with E-state index < -0.39 is 5.82 Å². The monoisotopic (exact) mass is 319 g/mol. The topological polar surface area (TPSA) is 20.3 Å². The summed E-state index contributed by atoms with van der Waals surface area (Å²) in [7, 11) is 0. The van der Waals surface area contributed by atoms with Crippen molar-refractivity contribution in [1.29, 1.82) is 0 Å². The molecule has 1 heterocycles. The Labute approximate surface area is 113 Å². The molecule has 0 aromatic heterocycles. The molecule has 1 amide bonds. The van der Waals surface area contributed by atoms with Gasteiger partial charge in [-0.3, -0.25) is 4.79 Å². The van der Waals surface area contributed by atoms with Crippen LogP contribution in [0.3, 0.4) is 0 Å². The van der Waals surface area contributed by atoms with Crippen LogP contribution in [-0.4, -0.2) is 29.3 Å². The molecule has 1 aromatic rings. The molecule has 0 N–H and O–H groups in total. The molecule has 17 heavy (non-hydrogen) atoms. The van der Waals surface area contributed by atoms with Crippen molar-refractivity contribution in [2.45, 2.75) is 18.2 Å². The average molecular weight is 321 g/mol. The zero-order valence-electron chi connectivity index (χ0n) is 9.13. The van der Waals surface area contributed by atoms with Crippen molar-refractivity contribution in [3.05, 3.63) is 34.1 Å². The number of hydrogen-bond donors (Lipinski definition) is 0. The van der Waals surface area contributed by atoms with Crippen molar-refractivity contribution >= 4 is 33.4 Å². The Morgan fingerprint density at radius 2 is 2.06 bits per heavy atom. The average Bonchev–Trinajstić information content (AvgIpc) is 2.29. The number of amides is 1. The molecule has 1 aliphatic heterocycles. The van der Waals surface area contributed by atoms with Crippen molar-refractivity contribution < 1.29 is 9.18 Å². The fourth-order valence-corrected chi connectivity index (χ4v) is 2.41. The highest BCUT2D eigenvalue weighted by atomic mass is 79.9. The van der Waals surface area contributed by atoms with Gasteiger partial charge < -0.3 is 4.90 Å². The summed E-state index contributed by atoms with van der Waals surface area (Å²) in [4.78, 5) is 13.7. The number of rotatable bonds is 1. The number of halogens is 3. The van der Waals surface area contributed by atoms with E-state index in [1.54, 1.807) is 11.0 Å². The van der Waals surface area contributed by atoms with Crippen LogP contribution in [0.25, 0.3) is 0 Å². The zero-order valence-corrected chi connectivity index (χ0v) is 11.5. The summed E-state index contributed by atoms with van der Waals surface area (Å²) >= 11 is 9.13. The second-order valence-corrected chi connectivity index (χ2v) is 5.62. The lowest BCUT2D eigenvalue weighted by Crippen LogP contribution is -2.39. The first-order chi connectivity index (χ1) is 8.08. The standard InChI is InChI=1S/C12H12BrClFNO/c13-8-1-2-10(11(15)7-8)12(17)16-5-3-9(14)4-6-16/h1-2,7,9H,3-6H2. The first-order valence-corrected chi connectivity index (χ1v) is 6.69. The van der Waals surface area contributed by atoms with E-state index in [4.69, 9.17) is 11.6 Å². The third-order valence-corrected chi connectivity index (χ3v) is 3.80. The normalized spacial score (nSPS) is 17.2. The van der Waals surface area contributed by atoms with Crippen LogP contribution in [0.1, 0.15) is 23.2 Å². The second kappa shape index (κ2) is 5.36. The molecular formula is C12H12BrClFNO. The van der Waals surface area contributed by atoms with Gasteiger partial charge in [-0.25, -0.2) is 4.39 Å². The van der Waals surface area contributed by atoms with Gasteiger partial charge in [0.05, 0.1) is 5.56 Å². The zero-order chi connectivity index (χ0) is 12.4. The number of benzene rings is 1. The fourth-order valence-electron chi connectivity index (χ4n) is 1.88. The maximum absolute atomic E-state index is 13.6. The predicted molar refractivity (Wildman–Crippen MR) is 68.9 cm³/mol.